The van der Waals surface area contributed by atoms with E-state index in [0.29, 0.717) is 0 Å². The van der Waals surface area contributed by atoms with Crippen LogP contribution in [0.5, 0.6) is 0 Å². The van der Waals surface area contributed by atoms with Gasteiger partial charge in [0, 0.05) is 44.1 Å². The summed E-state index contributed by atoms with van der Waals surface area (Å²) in [6, 6.07) is 90.5. The van der Waals surface area contributed by atoms with E-state index in [2.05, 4.69) is 324 Å². The second kappa shape index (κ2) is 59.8. The summed E-state index contributed by atoms with van der Waals surface area (Å²) in [6.45, 7) is 65.5. The standard InChI is InChI=1S/C16H14.C14H12.4C12H12.C6H8N2.9C2H6.Y/c1-11-3-7-15-13(9-11)5-6-14-10-12(2)4-8-16(14)15;1-11-6-8-13(9-7-11)14-5-3-4-12(2)10-14;1-9-3-5-11-6-4-10(2)8-12(11)7-9;1-9-6-7-12-10(2)4-3-5-11(12)8-9;1-9-7-11-5-3-4-6-12(11)8-10(9)2;1-9-7-10(2)12-6-4-3-5-11(12)8-9;1-5-3-6(2)8-4-7-5;9*1-2;/h3-10H,1-2H3;3-4,6-8,10H,1-2H3;4*3-8H,1-2H3;3-4H,1-2H3;9*1-2H3;/q;-2;;;;;;;;;;;;;;;. The monoisotopic (exact) mass is 1480 g/mol. The molecule has 0 N–H and O–H groups in total. The second-order valence-electron chi connectivity index (χ2n) is 23.1. The van der Waals surface area contributed by atoms with Crippen molar-refractivity contribution < 1.29 is 32.7 Å². The predicted molar refractivity (Wildman–Crippen MR) is 477 cm³/mol. The Labute approximate surface area is 668 Å². The summed E-state index contributed by atoms with van der Waals surface area (Å²) < 4.78 is 0. The van der Waals surface area contributed by atoms with Gasteiger partial charge in [-0.15, -0.1) is 17.2 Å². The van der Waals surface area contributed by atoms with E-state index in [9.17, 15) is 0 Å². The molecular formula is C102H136N2Y-2. The molecule has 0 saturated carbocycles. The van der Waals surface area contributed by atoms with Crippen LogP contribution < -0.4 is 0 Å². The molecule has 14 aromatic rings. The van der Waals surface area contributed by atoms with Gasteiger partial charge in [0.05, 0.1) is 0 Å². The molecule has 1 heterocycles. The molecule has 0 fully saturated rings. The van der Waals surface area contributed by atoms with Crippen LogP contribution >= 0.6 is 0 Å². The van der Waals surface area contributed by atoms with E-state index in [1.165, 1.54) is 131 Å². The van der Waals surface area contributed by atoms with Gasteiger partial charge in [0.1, 0.15) is 6.33 Å². The first-order chi connectivity index (χ1) is 50.3. The number of hydrogen-bond acceptors (Lipinski definition) is 2. The molecular weight excluding hydrogens is 1340 g/mol. The largest absolute Gasteiger partial charge is 0.242 e. The van der Waals surface area contributed by atoms with Crippen LogP contribution in [0.2, 0.25) is 0 Å². The summed E-state index contributed by atoms with van der Waals surface area (Å²) in [5.74, 6) is 0. The molecule has 105 heavy (non-hydrogen) atoms. The van der Waals surface area contributed by atoms with E-state index in [1.807, 2.05) is 157 Å². The summed E-state index contributed by atoms with van der Waals surface area (Å²) in [5, 5.41) is 16.1. The maximum Gasteiger partial charge on any atom is 0.115 e. The molecule has 0 aliphatic carbocycles. The quantitative estimate of drug-likeness (QED) is 0.121. The number of nitrogens with zero attached hydrogens (tertiary/aromatic N) is 2. The fourth-order valence-corrected chi connectivity index (χ4v) is 10.5. The van der Waals surface area contributed by atoms with Crippen molar-refractivity contribution >= 4 is 64.6 Å². The van der Waals surface area contributed by atoms with Crippen LogP contribution in [0, 0.1) is 109 Å². The molecule has 3 heteroatoms. The van der Waals surface area contributed by atoms with Crippen LogP contribution in [-0.4, -0.2) is 9.97 Å². The van der Waals surface area contributed by atoms with Gasteiger partial charge in [0.2, 0.25) is 0 Å². The molecule has 1 radical (unpaired) electrons. The average Bonchev–Trinajstić information content (AvgIpc) is 0.789. The number of hydrogen-bond donors (Lipinski definition) is 0. The summed E-state index contributed by atoms with van der Waals surface area (Å²) in [4.78, 5) is 7.86. The molecule has 0 unspecified atom stereocenters. The Kier molecular flexibility index (Phi) is 57.4. The minimum absolute atomic E-state index is 0. The summed E-state index contributed by atoms with van der Waals surface area (Å²) in [5.41, 5.74) is 20.2. The molecule has 0 atom stereocenters. The number of rotatable bonds is 1. The molecule has 0 spiro atoms. The molecule has 0 amide bonds. The Balaban J connectivity index is -0.00000112. The van der Waals surface area contributed by atoms with E-state index in [0.717, 1.165) is 22.5 Å². The van der Waals surface area contributed by atoms with Crippen LogP contribution in [0.1, 0.15) is 203 Å². The van der Waals surface area contributed by atoms with Crippen LogP contribution in [0.25, 0.3) is 75.8 Å². The topological polar surface area (TPSA) is 25.8 Å². The summed E-state index contributed by atoms with van der Waals surface area (Å²) in [6.07, 6.45) is 1.57. The first-order valence-corrected chi connectivity index (χ1v) is 38.8. The van der Waals surface area contributed by atoms with Crippen LogP contribution in [0.15, 0.2) is 243 Å². The third-order valence-electron chi connectivity index (χ3n) is 15.3. The molecule has 14 rings (SSSR count). The maximum absolute atomic E-state index is 3.93. The molecule has 1 aromatic heterocycles. The van der Waals surface area contributed by atoms with Crippen molar-refractivity contribution in [2.24, 2.45) is 0 Å². The summed E-state index contributed by atoms with van der Waals surface area (Å²) >= 11 is 0. The summed E-state index contributed by atoms with van der Waals surface area (Å²) in [7, 11) is 0. The zero-order valence-corrected chi connectivity index (χ0v) is 74.4. The fourth-order valence-electron chi connectivity index (χ4n) is 10.5. The van der Waals surface area contributed by atoms with Gasteiger partial charge in [0.25, 0.3) is 0 Å². The third-order valence-corrected chi connectivity index (χ3v) is 15.3. The van der Waals surface area contributed by atoms with Crippen molar-refractivity contribution in [3.63, 3.8) is 0 Å². The van der Waals surface area contributed by atoms with Crippen molar-refractivity contribution in [3.8, 4) is 11.1 Å². The Morgan fingerprint density at radius 2 is 0.552 bits per heavy atom. The third kappa shape index (κ3) is 36.4. The number of benzene rings is 13. The van der Waals surface area contributed by atoms with E-state index in [1.54, 1.807) is 6.33 Å². The second-order valence-corrected chi connectivity index (χ2v) is 23.1. The van der Waals surface area contributed by atoms with Crippen molar-refractivity contribution in [1.82, 2.24) is 9.97 Å². The Hall–Kier alpha value is -8.40. The van der Waals surface area contributed by atoms with Crippen molar-refractivity contribution in [3.05, 3.63) is 333 Å². The van der Waals surface area contributed by atoms with Gasteiger partial charge in [-0.25, -0.2) is 21.1 Å². The van der Waals surface area contributed by atoms with Crippen LogP contribution in [-0.2, 0) is 32.7 Å². The maximum atomic E-state index is 3.93. The van der Waals surface area contributed by atoms with Crippen molar-refractivity contribution in [1.29, 1.82) is 0 Å². The van der Waals surface area contributed by atoms with Gasteiger partial charge < -0.3 is 0 Å². The van der Waals surface area contributed by atoms with Gasteiger partial charge in [-0.3, -0.25) is 0 Å². The van der Waals surface area contributed by atoms with Crippen molar-refractivity contribution in [2.45, 2.75) is 222 Å². The minimum atomic E-state index is 0. The van der Waals surface area contributed by atoms with Gasteiger partial charge >= 0.3 is 0 Å². The Bertz CT molecular complexity index is 4390. The fraction of sp³-hybridized carbons (Fsp3) is 0.314. The minimum Gasteiger partial charge on any atom is -0.242 e. The molecule has 0 saturated heterocycles. The van der Waals surface area contributed by atoms with Crippen LogP contribution in [0.4, 0.5) is 0 Å². The van der Waals surface area contributed by atoms with Gasteiger partial charge in [-0.2, -0.15) is 42.5 Å². The SMILES string of the molecule is CC.CC.CC.CC.CC.CC.CC.CC.CC.Cc1c[c-]c(-c2[c-]ccc(C)c2)cc1.Cc1cc(C)c2ccccc2c1.Cc1cc(C)ncn1.Cc1cc2ccccc2cc1C.Cc1ccc2c(C)cccc2c1.Cc1ccc2c(ccc3cc(C)ccc32)c1.Cc1ccc2ccc(C)cc2c1.[Y]. The zero-order chi connectivity index (χ0) is 79.3. The molecule has 0 aliphatic rings. The van der Waals surface area contributed by atoms with Gasteiger partial charge in [-0.05, 0) is 176 Å². The molecule has 559 valence electrons. The smallest absolute Gasteiger partial charge is 0.115 e. The van der Waals surface area contributed by atoms with E-state index < -0.39 is 0 Å². The number of aromatic nitrogens is 2. The predicted octanol–water partition coefficient (Wildman–Crippen LogP) is 32.3. The number of fused-ring (bicyclic) bond motifs is 7. The molecule has 13 aromatic carbocycles. The first kappa shape index (κ1) is 101. The van der Waals surface area contributed by atoms with E-state index in [-0.39, 0.29) is 32.7 Å². The Morgan fingerprint density at radius 1 is 0.210 bits per heavy atom. The Morgan fingerprint density at radius 3 is 0.962 bits per heavy atom. The van der Waals surface area contributed by atoms with Crippen LogP contribution in [0.3, 0.4) is 0 Å². The normalized spacial score (nSPS) is 9.07. The number of aryl methyl sites for hydroxylation is 14. The average molecular weight is 1480 g/mol. The zero-order valence-electron chi connectivity index (χ0n) is 71.6. The van der Waals surface area contributed by atoms with E-state index >= 15 is 0 Å². The van der Waals surface area contributed by atoms with Crippen molar-refractivity contribution in [2.75, 3.05) is 0 Å². The molecule has 0 aliphatic heterocycles. The van der Waals surface area contributed by atoms with Gasteiger partial charge in [-0.1, -0.05) is 366 Å². The molecule has 0 bridgehead atoms. The van der Waals surface area contributed by atoms with Gasteiger partial charge in [0.15, 0.2) is 0 Å². The first-order valence-electron chi connectivity index (χ1n) is 38.8. The van der Waals surface area contributed by atoms with E-state index in [4.69, 9.17) is 0 Å². The molecule has 2 nitrogen and oxygen atoms in total.